The molecule has 1 unspecified atom stereocenters. The van der Waals surface area contributed by atoms with Gasteiger partial charge in [-0.25, -0.2) is 4.79 Å². The van der Waals surface area contributed by atoms with Crippen molar-refractivity contribution in [2.24, 2.45) is 0 Å². The van der Waals surface area contributed by atoms with Crippen molar-refractivity contribution in [1.82, 2.24) is 5.32 Å². The molecule has 0 aliphatic carbocycles. The van der Waals surface area contributed by atoms with Gasteiger partial charge in [-0.05, 0) is 20.0 Å². The lowest BCUT2D eigenvalue weighted by Crippen LogP contribution is -2.25. The normalized spacial score (nSPS) is 12.0. The number of benzene rings is 1. The highest BCUT2D eigenvalue weighted by molar-refractivity contribution is 6.32. The number of nitrogens with one attached hydrogen (secondary N) is 1. The molecule has 0 aliphatic rings. The number of carbonyl (C=O) groups is 1. The molecule has 1 rings (SSSR count). The molecule has 0 amide bonds. The minimum Gasteiger partial charge on any atom is -0.477 e. The number of halogens is 1. The van der Waals surface area contributed by atoms with Crippen LogP contribution < -0.4 is 10.1 Å². The van der Waals surface area contributed by atoms with Gasteiger partial charge in [0.05, 0.1) is 12.1 Å². The summed E-state index contributed by atoms with van der Waals surface area (Å²) in [6, 6.07) is 5.45. The Morgan fingerprint density at radius 3 is 2.82 bits per heavy atom. The van der Waals surface area contributed by atoms with Crippen LogP contribution in [0.2, 0.25) is 5.02 Å². The van der Waals surface area contributed by atoms with Gasteiger partial charge in [0, 0.05) is 12.1 Å². The Morgan fingerprint density at radius 1 is 1.53 bits per heavy atom. The second-order valence-electron chi connectivity index (χ2n) is 3.54. The van der Waals surface area contributed by atoms with Crippen molar-refractivity contribution in [3.63, 3.8) is 0 Å². The first kappa shape index (κ1) is 13.8. The van der Waals surface area contributed by atoms with E-state index in [1.165, 1.54) is 7.11 Å². The average Bonchev–Trinajstić information content (AvgIpc) is 2.32. The molecule has 5 heteroatoms. The van der Waals surface area contributed by atoms with Gasteiger partial charge >= 0.3 is 5.97 Å². The molecule has 0 fully saturated rings. The van der Waals surface area contributed by atoms with E-state index in [4.69, 9.17) is 16.3 Å². The third-order valence-electron chi connectivity index (χ3n) is 2.24. The fourth-order valence-electron chi connectivity index (χ4n) is 1.41. The van der Waals surface area contributed by atoms with Crippen LogP contribution in [0.3, 0.4) is 0 Å². The molecule has 0 heterocycles. The second-order valence-corrected chi connectivity index (χ2v) is 3.95. The molecule has 0 aromatic heterocycles. The lowest BCUT2D eigenvalue weighted by atomic mass is 10.2. The number of rotatable bonds is 5. The molecule has 0 saturated heterocycles. The molecule has 1 aromatic carbocycles. The average molecular weight is 258 g/mol. The van der Waals surface area contributed by atoms with Gasteiger partial charge < -0.3 is 14.8 Å². The van der Waals surface area contributed by atoms with Crippen molar-refractivity contribution in [3.05, 3.63) is 28.8 Å². The molecular weight excluding hydrogens is 242 g/mol. The maximum absolute atomic E-state index is 11.3. The predicted molar refractivity (Wildman–Crippen MR) is 66.3 cm³/mol. The molecule has 17 heavy (non-hydrogen) atoms. The van der Waals surface area contributed by atoms with E-state index in [0.29, 0.717) is 17.3 Å². The number of carbonyl (C=O) groups excluding carboxylic acids is 1. The second kappa shape index (κ2) is 6.47. The minimum atomic E-state index is -0.685. The molecule has 1 atom stereocenters. The molecule has 4 nitrogen and oxygen atoms in total. The van der Waals surface area contributed by atoms with Crippen molar-refractivity contribution in [2.45, 2.75) is 19.6 Å². The van der Waals surface area contributed by atoms with Crippen molar-refractivity contribution in [3.8, 4) is 5.75 Å². The van der Waals surface area contributed by atoms with Gasteiger partial charge in [-0.15, -0.1) is 0 Å². The zero-order valence-electron chi connectivity index (χ0n) is 10.1. The Bertz CT molecular complexity index is 395. The minimum absolute atomic E-state index is 0.430. The number of ether oxygens (including phenoxy) is 2. The Kier molecular flexibility index (Phi) is 5.25. The highest BCUT2D eigenvalue weighted by Gasteiger charge is 2.18. The highest BCUT2D eigenvalue weighted by atomic mass is 35.5. The molecule has 1 N–H and O–H groups in total. The largest absolute Gasteiger partial charge is 0.477 e. The van der Waals surface area contributed by atoms with Crippen LogP contribution >= 0.6 is 11.6 Å². The topological polar surface area (TPSA) is 47.6 Å². The molecular formula is C12H16ClNO3. The van der Waals surface area contributed by atoms with Crippen LogP contribution in [-0.2, 0) is 16.1 Å². The van der Waals surface area contributed by atoms with E-state index >= 15 is 0 Å². The Morgan fingerprint density at radius 2 is 2.24 bits per heavy atom. The number of hydrogen-bond acceptors (Lipinski definition) is 4. The van der Waals surface area contributed by atoms with Crippen LogP contribution in [0.5, 0.6) is 5.75 Å². The first-order valence-electron chi connectivity index (χ1n) is 5.26. The van der Waals surface area contributed by atoms with E-state index in [-0.39, 0.29) is 0 Å². The van der Waals surface area contributed by atoms with Crippen LogP contribution in [0, 0.1) is 0 Å². The van der Waals surface area contributed by atoms with E-state index in [9.17, 15) is 4.79 Å². The van der Waals surface area contributed by atoms with Crippen LogP contribution in [0.1, 0.15) is 12.5 Å². The number of para-hydroxylation sites is 1. The van der Waals surface area contributed by atoms with E-state index in [1.807, 2.05) is 19.2 Å². The van der Waals surface area contributed by atoms with Gasteiger partial charge in [-0.2, -0.15) is 0 Å². The van der Waals surface area contributed by atoms with E-state index in [2.05, 4.69) is 10.1 Å². The third-order valence-corrected chi connectivity index (χ3v) is 2.54. The summed E-state index contributed by atoms with van der Waals surface area (Å²) >= 11 is 6.05. The van der Waals surface area contributed by atoms with Crippen molar-refractivity contribution < 1.29 is 14.3 Å². The van der Waals surface area contributed by atoms with E-state index in [1.54, 1.807) is 13.0 Å². The van der Waals surface area contributed by atoms with Crippen molar-refractivity contribution in [1.29, 1.82) is 0 Å². The molecule has 0 radical (unpaired) electrons. The monoisotopic (exact) mass is 257 g/mol. The summed E-state index contributed by atoms with van der Waals surface area (Å²) in [5.41, 5.74) is 0.899. The molecule has 0 saturated carbocycles. The van der Waals surface area contributed by atoms with Crippen LogP contribution in [0.15, 0.2) is 18.2 Å². The number of esters is 1. The quantitative estimate of drug-likeness (QED) is 0.820. The van der Waals surface area contributed by atoms with Crippen molar-refractivity contribution >= 4 is 17.6 Å². The number of hydrogen-bond donors (Lipinski definition) is 1. The Hall–Kier alpha value is -1.26. The molecule has 0 spiro atoms. The van der Waals surface area contributed by atoms with E-state index in [0.717, 1.165) is 5.56 Å². The summed E-state index contributed by atoms with van der Waals surface area (Å²) < 4.78 is 10.1. The molecule has 0 bridgehead atoms. The van der Waals surface area contributed by atoms with Crippen LogP contribution in [0.25, 0.3) is 0 Å². The Labute approximate surface area is 106 Å². The third kappa shape index (κ3) is 3.61. The fourth-order valence-corrected chi connectivity index (χ4v) is 1.64. The summed E-state index contributed by atoms with van der Waals surface area (Å²) in [7, 11) is 3.15. The summed E-state index contributed by atoms with van der Waals surface area (Å²) in [5.74, 6) is 0.0849. The maximum Gasteiger partial charge on any atom is 0.346 e. The zero-order chi connectivity index (χ0) is 12.8. The van der Waals surface area contributed by atoms with Gasteiger partial charge in [0.1, 0.15) is 5.75 Å². The van der Waals surface area contributed by atoms with Gasteiger partial charge in [0.25, 0.3) is 0 Å². The van der Waals surface area contributed by atoms with Gasteiger partial charge in [-0.1, -0.05) is 23.7 Å². The van der Waals surface area contributed by atoms with E-state index < -0.39 is 12.1 Å². The van der Waals surface area contributed by atoms with Gasteiger partial charge in [0.15, 0.2) is 6.10 Å². The maximum atomic E-state index is 11.3. The molecule has 0 aliphatic heterocycles. The highest BCUT2D eigenvalue weighted by Crippen LogP contribution is 2.29. The van der Waals surface area contributed by atoms with Crippen molar-refractivity contribution in [2.75, 3.05) is 14.2 Å². The summed E-state index contributed by atoms with van der Waals surface area (Å²) in [5, 5.41) is 3.49. The van der Waals surface area contributed by atoms with Crippen LogP contribution in [-0.4, -0.2) is 26.2 Å². The first-order valence-corrected chi connectivity index (χ1v) is 5.64. The van der Waals surface area contributed by atoms with Crippen LogP contribution in [0.4, 0.5) is 0 Å². The first-order chi connectivity index (χ1) is 8.10. The lowest BCUT2D eigenvalue weighted by Gasteiger charge is -2.16. The van der Waals surface area contributed by atoms with Gasteiger partial charge in [0.2, 0.25) is 0 Å². The standard InChI is InChI=1S/C12H16ClNO3/c1-8(12(15)16-3)17-11-9(7-14-2)5-4-6-10(11)13/h4-6,8,14H,7H2,1-3H3. The summed E-state index contributed by atoms with van der Waals surface area (Å²) in [4.78, 5) is 11.3. The number of methoxy groups -OCH3 is 1. The fraction of sp³-hybridized carbons (Fsp3) is 0.417. The lowest BCUT2D eigenvalue weighted by molar-refractivity contribution is -0.147. The van der Waals surface area contributed by atoms with Gasteiger partial charge in [-0.3, -0.25) is 0 Å². The molecule has 1 aromatic rings. The summed E-state index contributed by atoms with van der Waals surface area (Å²) in [6.07, 6.45) is -0.685. The predicted octanol–water partition coefficient (Wildman–Crippen LogP) is 2.00. The summed E-state index contributed by atoms with van der Waals surface area (Å²) in [6.45, 7) is 2.24. The molecule has 94 valence electrons. The SMILES string of the molecule is CNCc1cccc(Cl)c1OC(C)C(=O)OC. The smallest absolute Gasteiger partial charge is 0.346 e. The zero-order valence-corrected chi connectivity index (χ0v) is 10.9. The Balaban J connectivity index is 2.92.